The van der Waals surface area contributed by atoms with E-state index in [1.807, 2.05) is 27.7 Å². The molecule has 2 rings (SSSR count). The Hall–Kier alpha value is -1.37. The molecule has 118 valence electrons. The number of carbonyl (C=O) groups is 1. The maximum absolute atomic E-state index is 14.3. The van der Waals surface area contributed by atoms with Gasteiger partial charge >= 0.3 is 13.1 Å². The summed E-state index contributed by atoms with van der Waals surface area (Å²) in [6.07, 6.45) is 1.19. The summed E-state index contributed by atoms with van der Waals surface area (Å²) in [6, 6.07) is 4.24. The van der Waals surface area contributed by atoms with Crippen molar-refractivity contribution < 1.29 is 23.6 Å². The van der Waals surface area contributed by atoms with E-state index in [9.17, 15) is 9.18 Å². The Morgan fingerprint density at radius 3 is 2.32 bits per heavy atom. The highest BCUT2D eigenvalue weighted by molar-refractivity contribution is 6.54. The summed E-state index contributed by atoms with van der Waals surface area (Å²) in [5, 5.41) is 9.12. The number of rotatable bonds is 3. The molecule has 22 heavy (non-hydrogen) atoms. The second-order valence-electron chi connectivity index (χ2n) is 6.16. The van der Waals surface area contributed by atoms with Crippen molar-refractivity contribution in [1.29, 1.82) is 0 Å². The highest BCUT2D eigenvalue weighted by atomic mass is 35.5. The molecule has 1 aliphatic rings. The molecule has 0 spiro atoms. The van der Waals surface area contributed by atoms with E-state index in [0.29, 0.717) is 5.56 Å². The van der Waals surface area contributed by atoms with Crippen LogP contribution in [0.3, 0.4) is 0 Å². The van der Waals surface area contributed by atoms with Gasteiger partial charge in [0.25, 0.3) is 0 Å². The van der Waals surface area contributed by atoms with E-state index in [1.165, 1.54) is 24.3 Å². The molecule has 0 atom stereocenters. The first-order valence-electron chi connectivity index (χ1n) is 6.79. The molecule has 1 saturated heterocycles. The first-order valence-corrected chi connectivity index (χ1v) is 7.17. The van der Waals surface area contributed by atoms with Gasteiger partial charge in [0.05, 0.1) is 21.8 Å². The van der Waals surface area contributed by atoms with Crippen molar-refractivity contribution in [1.82, 2.24) is 0 Å². The first-order chi connectivity index (χ1) is 10.0. The molecule has 0 bridgehead atoms. The van der Waals surface area contributed by atoms with Crippen molar-refractivity contribution in [2.75, 3.05) is 0 Å². The summed E-state index contributed by atoms with van der Waals surface area (Å²) in [6.45, 7) is 7.30. The zero-order valence-corrected chi connectivity index (χ0v) is 13.6. The Labute approximate surface area is 134 Å². The average Bonchev–Trinajstić information content (AvgIpc) is 2.60. The van der Waals surface area contributed by atoms with Gasteiger partial charge in [-0.3, -0.25) is 0 Å². The van der Waals surface area contributed by atoms with Crippen LogP contribution in [0.5, 0.6) is 0 Å². The van der Waals surface area contributed by atoms with Gasteiger partial charge in [-0.25, -0.2) is 9.18 Å². The maximum Gasteiger partial charge on any atom is 0.525 e. The van der Waals surface area contributed by atoms with Crippen LogP contribution in [0.25, 0.3) is 6.08 Å². The molecule has 0 aliphatic carbocycles. The van der Waals surface area contributed by atoms with Gasteiger partial charge in [-0.05, 0) is 51.5 Å². The monoisotopic (exact) mass is 326 g/mol. The zero-order chi connectivity index (χ0) is 16.7. The Balaban J connectivity index is 2.27. The van der Waals surface area contributed by atoms with Crippen LogP contribution >= 0.6 is 11.6 Å². The molecule has 1 fully saturated rings. The van der Waals surface area contributed by atoms with Gasteiger partial charge in [-0.1, -0.05) is 17.7 Å². The fourth-order valence-corrected chi connectivity index (χ4v) is 2.18. The van der Waals surface area contributed by atoms with E-state index in [1.54, 1.807) is 0 Å². The highest BCUT2D eigenvalue weighted by Crippen LogP contribution is 2.39. The van der Waals surface area contributed by atoms with Crippen molar-refractivity contribution in [3.63, 3.8) is 0 Å². The second kappa shape index (κ2) is 5.68. The molecule has 4 nitrogen and oxygen atoms in total. The second-order valence-corrected chi connectivity index (χ2v) is 6.57. The van der Waals surface area contributed by atoms with Crippen LogP contribution in [0.2, 0.25) is 5.02 Å². The van der Waals surface area contributed by atoms with Gasteiger partial charge in [0.15, 0.2) is 0 Å². The fraction of sp³-hybridized carbons (Fsp3) is 0.400. The summed E-state index contributed by atoms with van der Waals surface area (Å²) in [7, 11) is -1.12. The van der Waals surface area contributed by atoms with E-state index in [-0.39, 0.29) is 10.6 Å². The molecule has 0 radical (unpaired) electrons. The molecular formula is C15H17BClFO4. The third-order valence-electron chi connectivity index (χ3n) is 4.00. The molecule has 1 aliphatic heterocycles. The number of halogens is 2. The van der Waals surface area contributed by atoms with Crippen molar-refractivity contribution in [2.24, 2.45) is 0 Å². The van der Waals surface area contributed by atoms with Gasteiger partial charge in [0.1, 0.15) is 5.73 Å². The van der Waals surface area contributed by atoms with Crippen LogP contribution < -0.4 is 0 Å². The minimum absolute atomic E-state index is 0.0860. The molecular weight excluding hydrogens is 309 g/mol. The third kappa shape index (κ3) is 3.19. The topological polar surface area (TPSA) is 55.8 Å². The van der Waals surface area contributed by atoms with Crippen molar-refractivity contribution in [2.45, 2.75) is 38.9 Å². The predicted molar refractivity (Wildman–Crippen MR) is 83.6 cm³/mol. The summed E-state index contributed by atoms with van der Waals surface area (Å²) < 4.78 is 25.5. The molecule has 1 aromatic rings. The lowest BCUT2D eigenvalue weighted by molar-refractivity contribution is 0.00578. The molecule has 0 unspecified atom stereocenters. The van der Waals surface area contributed by atoms with E-state index in [4.69, 9.17) is 26.0 Å². The van der Waals surface area contributed by atoms with Gasteiger partial charge in [-0.15, -0.1) is 0 Å². The van der Waals surface area contributed by atoms with Crippen LogP contribution in [0, 0.1) is 0 Å². The van der Waals surface area contributed by atoms with E-state index >= 15 is 0 Å². The lowest BCUT2D eigenvalue weighted by Gasteiger charge is -2.32. The van der Waals surface area contributed by atoms with Crippen molar-refractivity contribution in [3.8, 4) is 0 Å². The number of hydrogen-bond acceptors (Lipinski definition) is 3. The van der Waals surface area contributed by atoms with Gasteiger partial charge in [0.2, 0.25) is 0 Å². The molecule has 0 aromatic heterocycles. The van der Waals surface area contributed by atoms with Gasteiger partial charge in [0, 0.05) is 0 Å². The molecule has 1 aromatic carbocycles. The standard InChI is InChI=1S/C15H17BClFO4/c1-14(2)15(3,4)22-16(21-14)12(18)8-9-5-6-11(17)10(7-9)13(19)20/h5-8H,1-4H3,(H,19,20). The number of aromatic carboxylic acids is 1. The predicted octanol–water partition coefficient (Wildman–Crippen LogP) is 3.98. The SMILES string of the molecule is CC1(C)OB(C(F)=Cc2ccc(Cl)c(C(=O)O)c2)OC1(C)C. The molecule has 1 N–H and O–H groups in total. The summed E-state index contributed by atoms with van der Waals surface area (Å²) >= 11 is 5.78. The maximum atomic E-state index is 14.3. The Bertz CT molecular complexity index is 626. The van der Waals surface area contributed by atoms with E-state index in [2.05, 4.69) is 0 Å². The zero-order valence-electron chi connectivity index (χ0n) is 12.8. The number of carboxylic acids is 1. The molecule has 0 saturated carbocycles. The van der Waals surface area contributed by atoms with Gasteiger partial charge < -0.3 is 14.4 Å². The Kier molecular flexibility index (Phi) is 4.39. The highest BCUT2D eigenvalue weighted by Gasteiger charge is 2.53. The lowest BCUT2D eigenvalue weighted by atomic mass is 9.86. The van der Waals surface area contributed by atoms with Crippen LogP contribution in [-0.2, 0) is 9.31 Å². The molecule has 7 heteroatoms. The number of benzene rings is 1. The van der Waals surface area contributed by atoms with E-state index in [0.717, 1.165) is 0 Å². The minimum atomic E-state index is -1.17. The van der Waals surface area contributed by atoms with Crippen LogP contribution in [0.4, 0.5) is 4.39 Å². The Morgan fingerprint density at radius 2 is 1.82 bits per heavy atom. The molecule has 1 heterocycles. The Morgan fingerprint density at radius 1 is 1.27 bits per heavy atom. The lowest BCUT2D eigenvalue weighted by Crippen LogP contribution is -2.41. The fourth-order valence-electron chi connectivity index (χ4n) is 1.98. The minimum Gasteiger partial charge on any atom is -0.478 e. The summed E-state index contributed by atoms with van der Waals surface area (Å²) in [5.74, 6) is -1.17. The number of hydrogen-bond donors (Lipinski definition) is 1. The van der Waals surface area contributed by atoms with Crippen molar-refractivity contribution in [3.05, 3.63) is 40.1 Å². The van der Waals surface area contributed by atoms with E-state index < -0.39 is 30.0 Å². The quantitative estimate of drug-likeness (QED) is 0.854. The van der Waals surface area contributed by atoms with Gasteiger partial charge in [-0.2, -0.15) is 0 Å². The third-order valence-corrected chi connectivity index (χ3v) is 4.33. The average molecular weight is 327 g/mol. The summed E-state index contributed by atoms with van der Waals surface area (Å²) in [4.78, 5) is 11.0. The smallest absolute Gasteiger partial charge is 0.478 e. The van der Waals surface area contributed by atoms with Crippen molar-refractivity contribution >= 4 is 30.8 Å². The van der Waals surface area contributed by atoms with Crippen LogP contribution in [-0.4, -0.2) is 29.4 Å². The normalized spacial score (nSPS) is 20.3. The van der Waals surface area contributed by atoms with Crippen LogP contribution in [0.15, 0.2) is 23.9 Å². The largest absolute Gasteiger partial charge is 0.525 e. The first kappa shape index (κ1) is 17.0. The number of carboxylic acid groups (broad SMARTS) is 1. The summed E-state index contributed by atoms with van der Waals surface area (Å²) in [5.41, 5.74) is -1.63. The van der Waals surface area contributed by atoms with Crippen LogP contribution in [0.1, 0.15) is 43.6 Å². The molecule has 0 amide bonds.